The van der Waals surface area contributed by atoms with Crippen molar-refractivity contribution in [2.24, 2.45) is 0 Å². The Morgan fingerprint density at radius 2 is 1.97 bits per heavy atom. The summed E-state index contributed by atoms with van der Waals surface area (Å²) in [5.41, 5.74) is 2.81. The van der Waals surface area contributed by atoms with Gasteiger partial charge in [0.25, 0.3) is 0 Å². The molecule has 2 N–H and O–H groups in total. The molecule has 9 heteroatoms. The van der Waals surface area contributed by atoms with Gasteiger partial charge in [-0.3, -0.25) is 4.57 Å². The first-order valence-electron chi connectivity index (χ1n) is 10.5. The topological polar surface area (TPSA) is 71.8 Å². The zero-order valence-electron chi connectivity index (χ0n) is 18.4. The normalized spacial score (nSPS) is 11.9. The number of urea groups is 1. The van der Waals surface area contributed by atoms with Crippen molar-refractivity contribution in [2.45, 2.75) is 50.6 Å². The molecule has 1 atom stereocenters. The van der Waals surface area contributed by atoms with Crippen molar-refractivity contribution < 1.29 is 9.18 Å². The number of halogens is 2. The maximum Gasteiger partial charge on any atom is 0.315 e. The van der Waals surface area contributed by atoms with E-state index in [0.29, 0.717) is 28.3 Å². The molecule has 0 saturated heterocycles. The highest BCUT2D eigenvalue weighted by Crippen LogP contribution is 2.30. The summed E-state index contributed by atoms with van der Waals surface area (Å²) in [4.78, 5) is 12.3. The Morgan fingerprint density at radius 3 is 2.69 bits per heavy atom. The minimum Gasteiger partial charge on any atom is -0.338 e. The predicted octanol–water partition coefficient (Wildman–Crippen LogP) is 5.82. The van der Waals surface area contributed by atoms with Crippen LogP contribution in [0.25, 0.3) is 5.69 Å². The van der Waals surface area contributed by atoms with Crippen LogP contribution in [0.15, 0.2) is 47.6 Å². The van der Waals surface area contributed by atoms with Crippen LogP contribution in [0.2, 0.25) is 5.02 Å². The van der Waals surface area contributed by atoms with Crippen LogP contribution in [0, 0.1) is 12.7 Å². The molecule has 170 valence electrons. The standard InChI is InChI=1S/C23H27ClFN5OS/c1-4-5-12-26-22(31)27-16(3)21-28-29-23(32-14-17-7-10-19(25)11-8-17)30(21)20-13-18(24)9-6-15(20)2/h6-11,13,16H,4-5,12,14H2,1-3H3,(H2,26,27,31). The van der Waals surface area contributed by atoms with Crippen LogP contribution < -0.4 is 10.6 Å². The van der Waals surface area contributed by atoms with Crippen molar-refractivity contribution in [3.05, 3.63) is 70.3 Å². The second kappa shape index (κ2) is 11.3. The van der Waals surface area contributed by atoms with Crippen LogP contribution in [0.4, 0.5) is 9.18 Å². The summed E-state index contributed by atoms with van der Waals surface area (Å²) in [5, 5.41) is 15.8. The van der Waals surface area contributed by atoms with E-state index in [1.165, 1.54) is 23.9 Å². The monoisotopic (exact) mass is 475 g/mol. The van der Waals surface area contributed by atoms with E-state index in [4.69, 9.17) is 11.6 Å². The highest BCUT2D eigenvalue weighted by molar-refractivity contribution is 7.98. The molecule has 1 unspecified atom stereocenters. The summed E-state index contributed by atoms with van der Waals surface area (Å²) in [7, 11) is 0. The van der Waals surface area contributed by atoms with Gasteiger partial charge in [0, 0.05) is 17.3 Å². The average Bonchev–Trinajstić information content (AvgIpc) is 3.19. The number of aryl methyl sites for hydroxylation is 1. The number of carbonyl (C=O) groups is 1. The van der Waals surface area contributed by atoms with Gasteiger partial charge in [-0.25, -0.2) is 9.18 Å². The van der Waals surface area contributed by atoms with Crippen molar-refractivity contribution in [1.82, 2.24) is 25.4 Å². The number of amides is 2. The second-order valence-corrected chi connectivity index (χ2v) is 8.88. The van der Waals surface area contributed by atoms with Gasteiger partial charge >= 0.3 is 6.03 Å². The predicted molar refractivity (Wildman–Crippen MR) is 127 cm³/mol. The Bertz CT molecular complexity index is 1060. The van der Waals surface area contributed by atoms with Crippen molar-refractivity contribution >= 4 is 29.4 Å². The van der Waals surface area contributed by atoms with Gasteiger partial charge in [0.2, 0.25) is 0 Å². The molecule has 2 aromatic carbocycles. The fourth-order valence-electron chi connectivity index (χ4n) is 3.12. The average molecular weight is 476 g/mol. The Balaban J connectivity index is 1.88. The first kappa shape index (κ1) is 24.1. The lowest BCUT2D eigenvalue weighted by Gasteiger charge is -2.18. The van der Waals surface area contributed by atoms with E-state index in [1.54, 1.807) is 12.1 Å². The molecule has 0 aliphatic carbocycles. The number of unbranched alkanes of at least 4 members (excludes halogenated alkanes) is 1. The second-order valence-electron chi connectivity index (χ2n) is 7.50. The van der Waals surface area contributed by atoms with Gasteiger partial charge in [0.15, 0.2) is 11.0 Å². The van der Waals surface area contributed by atoms with Crippen molar-refractivity contribution in [3.8, 4) is 5.69 Å². The molecule has 32 heavy (non-hydrogen) atoms. The van der Waals surface area contributed by atoms with E-state index < -0.39 is 0 Å². The molecular weight excluding hydrogens is 449 g/mol. The number of nitrogens with one attached hydrogen (secondary N) is 2. The van der Waals surface area contributed by atoms with E-state index in [0.717, 1.165) is 29.7 Å². The largest absolute Gasteiger partial charge is 0.338 e. The zero-order chi connectivity index (χ0) is 23.1. The fraction of sp³-hybridized carbons (Fsp3) is 0.348. The lowest BCUT2D eigenvalue weighted by atomic mass is 10.2. The summed E-state index contributed by atoms with van der Waals surface area (Å²) in [5.74, 6) is 0.927. The van der Waals surface area contributed by atoms with Gasteiger partial charge in [-0.2, -0.15) is 0 Å². The molecule has 3 rings (SSSR count). The van der Waals surface area contributed by atoms with E-state index >= 15 is 0 Å². The molecule has 2 amide bonds. The van der Waals surface area contributed by atoms with Crippen LogP contribution in [0.5, 0.6) is 0 Å². The first-order valence-corrected chi connectivity index (χ1v) is 11.9. The maximum absolute atomic E-state index is 13.2. The highest BCUT2D eigenvalue weighted by atomic mass is 35.5. The summed E-state index contributed by atoms with van der Waals surface area (Å²) in [6.07, 6.45) is 1.93. The molecule has 6 nitrogen and oxygen atoms in total. The van der Waals surface area contributed by atoms with Crippen LogP contribution in [0.1, 0.15) is 49.7 Å². The Labute approximate surface area is 197 Å². The molecule has 0 bridgehead atoms. The molecule has 0 radical (unpaired) electrons. The Kier molecular flexibility index (Phi) is 8.53. The summed E-state index contributed by atoms with van der Waals surface area (Å²) < 4.78 is 15.1. The van der Waals surface area contributed by atoms with E-state index in [9.17, 15) is 9.18 Å². The lowest BCUT2D eigenvalue weighted by Crippen LogP contribution is -2.38. The third kappa shape index (κ3) is 6.23. The van der Waals surface area contributed by atoms with Crippen LogP contribution in [-0.2, 0) is 5.75 Å². The highest BCUT2D eigenvalue weighted by Gasteiger charge is 2.22. The van der Waals surface area contributed by atoms with Crippen molar-refractivity contribution in [2.75, 3.05) is 6.54 Å². The molecule has 3 aromatic rings. The Morgan fingerprint density at radius 1 is 1.22 bits per heavy atom. The molecule has 0 aliphatic rings. The SMILES string of the molecule is CCCCNC(=O)NC(C)c1nnc(SCc2ccc(F)cc2)n1-c1cc(Cl)ccc1C. The third-order valence-corrected chi connectivity index (χ3v) is 6.14. The molecule has 0 saturated carbocycles. The van der Waals surface area contributed by atoms with Crippen LogP contribution >= 0.6 is 23.4 Å². The number of rotatable bonds is 9. The van der Waals surface area contributed by atoms with Gasteiger partial charge in [-0.1, -0.05) is 54.9 Å². The summed E-state index contributed by atoms with van der Waals surface area (Å²) >= 11 is 7.77. The lowest BCUT2D eigenvalue weighted by molar-refractivity contribution is 0.237. The minimum absolute atomic E-state index is 0.246. The Hall–Kier alpha value is -2.58. The summed E-state index contributed by atoms with van der Waals surface area (Å²) in [6.45, 7) is 6.55. The van der Waals surface area contributed by atoms with Crippen LogP contribution in [-0.4, -0.2) is 27.3 Å². The number of hydrogen-bond donors (Lipinski definition) is 2. The van der Waals surface area contributed by atoms with Crippen LogP contribution in [0.3, 0.4) is 0 Å². The van der Waals surface area contributed by atoms with Gasteiger partial charge < -0.3 is 10.6 Å². The van der Waals surface area contributed by atoms with Gasteiger partial charge in [0.05, 0.1) is 11.7 Å². The fourth-order valence-corrected chi connectivity index (χ4v) is 4.20. The number of carbonyl (C=O) groups excluding carboxylic acids is 1. The van der Waals surface area contributed by atoms with Gasteiger partial charge in [-0.15, -0.1) is 10.2 Å². The molecule has 1 aromatic heterocycles. The zero-order valence-corrected chi connectivity index (χ0v) is 19.9. The number of aromatic nitrogens is 3. The van der Waals surface area contributed by atoms with E-state index in [-0.39, 0.29) is 17.9 Å². The number of hydrogen-bond acceptors (Lipinski definition) is 4. The molecule has 0 fully saturated rings. The van der Waals surface area contributed by atoms with E-state index in [1.807, 2.05) is 36.6 Å². The smallest absolute Gasteiger partial charge is 0.315 e. The molecular formula is C23H27ClFN5OS. The van der Waals surface area contributed by atoms with Gasteiger partial charge in [-0.05, 0) is 55.7 Å². The van der Waals surface area contributed by atoms with E-state index in [2.05, 4.69) is 27.8 Å². The molecule has 1 heterocycles. The van der Waals surface area contributed by atoms with Gasteiger partial charge in [0.1, 0.15) is 5.82 Å². The minimum atomic E-state index is -0.386. The number of nitrogens with zero attached hydrogens (tertiary/aromatic N) is 3. The maximum atomic E-state index is 13.2. The quantitative estimate of drug-likeness (QED) is 0.302. The number of thioether (sulfide) groups is 1. The molecule has 0 spiro atoms. The number of benzene rings is 2. The first-order chi connectivity index (χ1) is 15.4. The third-order valence-electron chi connectivity index (χ3n) is 4.90. The van der Waals surface area contributed by atoms with Crippen molar-refractivity contribution in [1.29, 1.82) is 0 Å². The van der Waals surface area contributed by atoms with Crippen molar-refractivity contribution in [3.63, 3.8) is 0 Å². The summed E-state index contributed by atoms with van der Waals surface area (Å²) in [6, 6.07) is 11.4. The molecule has 0 aliphatic heterocycles.